The lowest BCUT2D eigenvalue weighted by Gasteiger charge is -2.24. The summed E-state index contributed by atoms with van der Waals surface area (Å²) < 4.78 is 5.12. The highest BCUT2D eigenvalue weighted by Gasteiger charge is 2.22. The highest BCUT2D eigenvalue weighted by atomic mass is 35.5. The van der Waals surface area contributed by atoms with Crippen LogP contribution >= 0.6 is 11.6 Å². The molecule has 0 radical (unpaired) electrons. The monoisotopic (exact) mass is 291 g/mol. The zero-order chi connectivity index (χ0) is 14.6. The number of rotatable bonds is 5. The third kappa shape index (κ3) is 3.95. The van der Waals surface area contributed by atoms with Gasteiger partial charge in [-0.15, -0.1) is 0 Å². The van der Waals surface area contributed by atoms with Crippen molar-refractivity contribution in [2.75, 3.05) is 7.11 Å². The van der Waals surface area contributed by atoms with Gasteiger partial charge in [-0.1, -0.05) is 23.7 Å². The summed E-state index contributed by atoms with van der Waals surface area (Å²) in [5.74, 6) is 0.811. The molecule has 20 heavy (non-hydrogen) atoms. The normalized spacial score (nSPS) is 13.8. The summed E-state index contributed by atoms with van der Waals surface area (Å²) in [7, 11) is 1.64. The van der Waals surface area contributed by atoms with Crippen molar-refractivity contribution in [3.63, 3.8) is 0 Å². The van der Waals surface area contributed by atoms with Gasteiger partial charge in [0, 0.05) is 25.2 Å². The molecule has 1 aromatic carbocycles. The molecule has 4 heteroatoms. The zero-order valence-electron chi connectivity index (χ0n) is 11.6. The van der Waals surface area contributed by atoms with E-state index in [1.54, 1.807) is 19.5 Å². The molecule has 0 spiro atoms. The fourth-order valence-electron chi connectivity index (χ4n) is 2.20. The number of aliphatic hydroxyl groups is 1. The van der Waals surface area contributed by atoms with Gasteiger partial charge in [0.15, 0.2) is 0 Å². The summed E-state index contributed by atoms with van der Waals surface area (Å²) in [6.07, 6.45) is 4.32. The first-order valence-corrected chi connectivity index (χ1v) is 6.82. The summed E-state index contributed by atoms with van der Waals surface area (Å²) >= 11 is 6.08. The highest BCUT2D eigenvalue weighted by Crippen LogP contribution is 2.24. The molecule has 0 aliphatic rings. The molecule has 0 amide bonds. The number of ether oxygens (including phenoxy) is 1. The first-order chi connectivity index (χ1) is 9.50. The molecule has 3 nitrogen and oxygen atoms in total. The fourth-order valence-corrected chi connectivity index (χ4v) is 2.39. The fraction of sp³-hybridized carbons (Fsp3) is 0.312. The topological polar surface area (TPSA) is 42.4 Å². The Morgan fingerprint density at radius 2 is 1.90 bits per heavy atom. The second-order valence-corrected chi connectivity index (χ2v) is 5.57. The van der Waals surface area contributed by atoms with Crippen LogP contribution in [0.1, 0.15) is 18.1 Å². The van der Waals surface area contributed by atoms with Gasteiger partial charge in [0.1, 0.15) is 5.75 Å². The average molecular weight is 292 g/mol. The van der Waals surface area contributed by atoms with Crippen molar-refractivity contribution in [3.05, 3.63) is 58.9 Å². The van der Waals surface area contributed by atoms with Crippen molar-refractivity contribution in [2.45, 2.75) is 25.4 Å². The van der Waals surface area contributed by atoms with Crippen LogP contribution in [0.25, 0.3) is 0 Å². The average Bonchev–Trinajstić information content (AvgIpc) is 2.41. The van der Waals surface area contributed by atoms with Crippen molar-refractivity contribution >= 4 is 11.6 Å². The Labute approximate surface area is 124 Å². The largest absolute Gasteiger partial charge is 0.497 e. The smallest absolute Gasteiger partial charge is 0.118 e. The van der Waals surface area contributed by atoms with Crippen LogP contribution in [0.2, 0.25) is 5.02 Å². The first-order valence-electron chi connectivity index (χ1n) is 6.44. The lowest BCUT2D eigenvalue weighted by atomic mass is 9.90. The quantitative estimate of drug-likeness (QED) is 0.919. The van der Waals surface area contributed by atoms with E-state index >= 15 is 0 Å². The number of pyridine rings is 1. The van der Waals surface area contributed by atoms with E-state index in [-0.39, 0.29) is 0 Å². The van der Waals surface area contributed by atoms with Gasteiger partial charge in [0.2, 0.25) is 0 Å². The van der Waals surface area contributed by atoms with E-state index in [2.05, 4.69) is 4.98 Å². The minimum Gasteiger partial charge on any atom is -0.497 e. The van der Waals surface area contributed by atoms with E-state index in [4.69, 9.17) is 16.3 Å². The van der Waals surface area contributed by atoms with Crippen LogP contribution in [0.3, 0.4) is 0 Å². The number of benzene rings is 1. The molecule has 0 saturated carbocycles. The van der Waals surface area contributed by atoms with Crippen LogP contribution in [0.15, 0.2) is 42.7 Å². The van der Waals surface area contributed by atoms with Crippen molar-refractivity contribution < 1.29 is 9.84 Å². The summed E-state index contributed by atoms with van der Waals surface area (Å²) in [5, 5.41) is 11.1. The van der Waals surface area contributed by atoms with E-state index < -0.39 is 5.60 Å². The molecule has 0 bridgehead atoms. The first kappa shape index (κ1) is 14.8. The van der Waals surface area contributed by atoms with Crippen LogP contribution < -0.4 is 4.74 Å². The third-order valence-electron chi connectivity index (χ3n) is 3.17. The number of aromatic nitrogens is 1. The molecule has 2 aromatic rings. The van der Waals surface area contributed by atoms with Crippen LogP contribution in [0.5, 0.6) is 5.75 Å². The summed E-state index contributed by atoms with van der Waals surface area (Å²) in [6.45, 7) is 1.81. The van der Waals surface area contributed by atoms with E-state index in [9.17, 15) is 5.11 Å². The standard InChI is InChI=1S/C16H18ClNO2/c1-16(19,10-13-7-8-18-11-15(13)17)9-12-3-5-14(20-2)6-4-12/h3-8,11,19H,9-10H2,1-2H3. The Morgan fingerprint density at radius 3 is 2.50 bits per heavy atom. The van der Waals surface area contributed by atoms with Gasteiger partial charge in [0.25, 0.3) is 0 Å². The lowest BCUT2D eigenvalue weighted by Crippen LogP contribution is -2.30. The summed E-state index contributed by atoms with van der Waals surface area (Å²) in [5.41, 5.74) is 1.10. The molecular formula is C16H18ClNO2. The molecule has 0 saturated heterocycles. The predicted molar refractivity (Wildman–Crippen MR) is 80.3 cm³/mol. The van der Waals surface area contributed by atoms with Crippen molar-refractivity contribution in [3.8, 4) is 5.75 Å². The second-order valence-electron chi connectivity index (χ2n) is 5.17. The van der Waals surface area contributed by atoms with E-state index in [1.165, 1.54) is 0 Å². The Morgan fingerprint density at radius 1 is 1.20 bits per heavy atom. The maximum Gasteiger partial charge on any atom is 0.118 e. The molecule has 0 aliphatic carbocycles. The summed E-state index contributed by atoms with van der Waals surface area (Å²) in [6, 6.07) is 9.55. The van der Waals surface area contributed by atoms with Gasteiger partial charge in [-0.25, -0.2) is 0 Å². The number of nitrogens with zero attached hydrogens (tertiary/aromatic N) is 1. The molecule has 1 aromatic heterocycles. The van der Waals surface area contributed by atoms with Gasteiger partial charge >= 0.3 is 0 Å². The lowest BCUT2D eigenvalue weighted by molar-refractivity contribution is 0.0608. The van der Waals surface area contributed by atoms with Crippen LogP contribution in [-0.2, 0) is 12.8 Å². The van der Waals surface area contributed by atoms with Crippen LogP contribution in [0.4, 0.5) is 0 Å². The van der Waals surface area contributed by atoms with Gasteiger partial charge in [0.05, 0.1) is 17.7 Å². The Hall–Kier alpha value is -1.58. The maximum atomic E-state index is 10.6. The number of hydrogen-bond acceptors (Lipinski definition) is 3. The predicted octanol–water partition coefficient (Wildman–Crippen LogP) is 3.28. The SMILES string of the molecule is COc1ccc(CC(C)(O)Cc2ccncc2Cl)cc1. The molecule has 0 fully saturated rings. The minimum atomic E-state index is -0.862. The number of halogens is 1. The Balaban J connectivity index is 2.08. The van der Waals surface area contributed by atoms with Crippen molar-refractivity contribution in [1.82, 2.24) is 4.98 Å². The third-order valence-corrected chi connectivity index (χ3v) is 3.51. The number of hydrogen-bond donors (Lipinski definition) is 1. The molecule has 1 atom stereocenters. The van der Waals surface area contributed by atoms with Crippen molar-refractivity contribution in [1.29, 1.82) is 0 Å². The van der Waals surface area contributed by atoms with E-state index in [0.717, 1.165) is 16.9 Å². The van der Waals surface area contributed by atoms with Gasteiger partial charge in [-0.2, -0.15) is 0 Å². The molecular weight excluding hydrogens is 274 g/mol. The zero-order valence-corrected chi connectivity index (χ0v) is 12.4. The Bertz CT molecular complexity index is 567. The summed E-state index contributed by atoms with van der Waals surface area (Å²) in [4.78, 5) is 3.95. The highest BCUT2D eigenvalue weighted by molar-refractivity contribution is 6.31. The van der Waals surface area contributed by atoms with Crippen LogP contribution in [0, 0.1) is 0 Å². The van der Waals surface area contributed by atoms with E-state index in [0.29, 0.717) is 17.9 Å². The molecule has 2 rings (SSSR count). The Kier molecular flexibility index (Phi) is 4.63. The number of methoxy groups -OCH3 is 1. The van der Waals surface area contributed by atoms with Gasteiger partial charge in [-0.05, 0) is 36.2 Å². The maximum absolute atomic E-state index is 10.6. The minimum absolute atomic E-state index is 0.486. The molecule has 106 valence electrons. The van der Waals surface area contributed by atoms with Gasteiger partial charge in [-0.3, -0.25) is 4.98 Å². The second kappa shape index (κ2) is 6.25. The molecule has 1 heterocycles. The van der Waals surface area contributed by atoms with E-state index in [1.807, 2.05) is 37.3 Å². The molecule has 1 unspecified atom stereocenters. The molecule has 1 N–H and O–H groups in total. The molecule has 0 aliphatic heterocycles. The van der Waals surface area contributed by atoms with Crippen LogP contribution in [-0.4, -0.2) is 22.8 Å². The van der Waals surface area contributed by atoms with Gasteiger partial charge < -0.3 is 9.84 Å². The van der Waals surface area contributed by atoms with Crippen molar-refractivity contribution in [2.24, 2.45) is 0 Å².